The Bertz CT molecular complexity index is 398. The first-order valence-electron chi connectivity index (χ1n) is 5.49. The van der Waals surface area contributed by atoms with Crippen LogP contribution in [0.4, 0.5) is 0 Å². The molecule has 17 heavy (non-hydrogen) atoms. The fourth-order valence-electron chi connectivity index (χ4n) is 1.94. The van der Waals surface area contributed by atoms with Crippen molar-refractivity contribution in [3.63, 3.8) is 0 Å². The summed E-state index contributed by atoms with van der Waals surface area (Å²) in [6.45, 7) is 4.23. The number of amides is 1. The van der Waals surface area contributed by atoms with E-state index in [0.29, 0.717) is 24.7 Å². The number of nitrogens with zero attached hydrogens (tertiary/aromatic N) is 1. The summed E-state index contributed by atoms with van der Waals surface area (Å²) < 4.78 is 0. The number of hydrogen-bond donors (Lipinski definition) is 2. The summed E-state index contributed by atoms with van der Waals surface area (Å²) >= 11 is 0. The van der Waals surface area contributed by atoms with Crippen molar-refractivity contribution >= 4 is 18.3 Å². The van der Waals surface area contributed by atoms with E-state index in [-0.39, 0.29) is 24.1 Å². The van der Waals surface area contributed by atoms with E-state index in [4.69, 9.17) is 0 Å². The molecule has 5 heteroatoms. The molecule has 2 N–H and O–H groups in total. The summed E-state index contributed by atoms with van der Waals surface area (Å²) in [7, 11) is 0. The Balaban J connectivity index is 0.00000144. The molecule has 0 aliphatic carbocycles. The molecule has 1 heterocycles. The number of hydrogen-bond acceptors (Lipinski definition) is 3. The van der Waals surface area contributed by atoms with E-state index >= 15 is 0 Å². The van der Waals surface area contributed by atoms with Crippen LogP contribution in [0.1, 0.15) is 17.3 Å². The molecule has 1 saturated heterocycles. The van der Waals surface area contributed by atoms with E-state index in [1.807, 2.05) is 6.92 Å². The zero-order valence-electron chi connectivity index (χ0n) is 9.72. The molecule has 0 saturated carbocycles. The summed E-state index contributed by atoms with van der Waals surface area (Å²) in [5.41, 5.74) is 0.386. The Labute approximate surface area is 107 Å². The highest BCUT2D eigenvalue weighted by atomic mass is 35.5. The molecule has 1 atom stereocenters. The Morgan fingerprint density at radius 2 is 2.18 bits per heavy atom. The molecule has 1 aromatic carbocycles. The van der Waals surface area contributed by atoms with Gasteiger partial charge in [0.1, 0.15) is 5.75 Å². The van der Waals surface area contributed by atoms with Gasteiger partial charge in [-0.05, 0) is 19.1 Å². The molecule has 1 aromatic rings. The summed E-state index contributed by atoms with van der Waals surface area (Å²) in [5.74, 6) is -0.0369. The van der Waals surface area contributed by atoms with Crippen molar-refractivity contribution in [3.8, 4) is 5.75 Å². The maximum Gasteiger partial charge on any atom is 0.257 e. The lowest BCUT2D eigenvalue weighted by Crippen LogP contribution is -2.51. The van der Waals surface area contributed by atoms with Gasteiger partial charge in [-0.1, -0.05) is 12.1 Å². The molecule has 1 fully saturated rings. The van der Waals surface area contributed by atoms with Gasteiger partial charge in [0, 0.05) is 25.7 Å². The average molecular weight is 257 g/mol. The lowest BCUT2D eigenvalue weighted by Gasteiger charge is -2.32. The fourth-order valence-corrected chi connectivity index (χ4v) is 1.94. The lowest BCUT2D eigenvalue weighted by molar-refractivity contribution is 0.0706. The number of phenolic OH excluding ortho intramolecular Hbond substituents is 1. The van der Waals surface area contributed by atoms with E-state index < -0.39 is 0 Å². The maximum atomic E-state index is 12.1. The van der Waals surface area contributed by atoms with Crippen LogP contribution in [0.3, 0.4) is 0 Å². The maximum absolute atomic E-state index is 12.1. The Hall–Kier alpha value is -1.26. The zero-order chi connectivity index (χ0) is 11.5. The van der Waals surface area contributed by atoms with Gasteiger partial charge < -0.3 is 15.3 Å². The predicted molar refractivity (Wildman–Crippen MR) is 68.7 cm³/mol. The number of carbonyl (C=O) groups excluding carboxylic acids is 1. The first-order valence-corrected chi connectivity index (χ1v) is 5.49. The summed E-state index contributed by atoms with van der Waals surface area (Å²) in [5, 5.41) is 12.9. The van der Waals surface area contributed by atoms with E-state index in [2.05, 4.69) is 5.32 Å². The number of para-hydroxylation sites is 1. The number of phenols is 1. The van der Waals surface area contributed by atoms with Gasteiger partial charge in [-0.15, -0.1) is 12.4 Å². The number of benzene rings is 1. The minimum Gasteiger partial charge on any atom is -0.507 e. The molecule has 4 nitrogen and oxygen atoms in total. The van der Waals surface area contributed by atoms with Crippen LogP contribution in [0.25, 0.3) is 0 Å². The van der Waals surface area contributed by atoms with Crippen molar-refractivity contribution in [3.05, 3.63) is 29.8 Å². The van der Waals surface area contributed by atoms with Gasteiger partial charge in [0.2, 0.25) is 0 Å². The second-order valence-electron chi connectivity index (χ2n) is 4.12. The number of halogens is 1. The van der Waals surface area contributed by atoms with Crippen LogP contribution in [0.15, 0.2) is 24.3 Å². The lowest BCUT2D eigenvalue weighted by atomic mass is 10.1. The van der Waals surface area contributed by atoms with Crippen LogP contribution in [0.5, 0.6) is 5.75 Å². The van der Waals surface area contributed by atoms with Crippen LogP contribution >= 0.6 is 12.4 Å². The first-order chi connectivity index (χ1) is 7.68. The smallest absolute Gasteiger partial charge is 0.257 e. The van der Waals surface area contributed by atoms with Crippen LogP contribution in [-0.2, 0) is 0 Å². The van der Waals surface area contributed by atoms with Crippen LogP contribution in [-0.4, -0.2) is 41.6 Å². The van der Waals surface area contributed by atoms with Gasteiger partial charge in [-0.2, -0.15) is 0 Å². The monoisotopic (exact) mass is 256 g/mol. The third-order valence-electron chi connectivity index (χ3n) is 2.79. The van der Waals surface area contributed by atoms with Crippen molar-refractivity contribution < 1.29 is 9.90 Å². The van der Waals surface area contributed by atoms with Crippen molar-refractivity contribution in [2.24, 2.45) is 0 Å². The molecule has 0 spiro atoms. The van der Waals surface area contributed by atoms with E-state index in [1.54, 1.807) is 29.2 Å². The number of aromatic hydroxyl groups is 1. The Morgan fingerprint density at radius 3 is 2.82 bits per heavy atom. The number of carbonyl (C=O) groups is 1. The van der Waals surface area contributed by atoms with Crippen molar-refractivity contribution in [2.45, 2.75) is 13.0 Å². The molecule has 1 aliphatic rings. The number of nitrogens with one attached hydrogen (secondary N) is 1. The molecule has 0 bridgehead atoms. The minimum atomic E-state index is -0.0912. The Morgan fingerprint density at radius 1 is 1.47 bits per heavy atom. The molecule has 1 amide bonds. The molecule has 1 aliphatic heterocycles. The van der Waals surface area contributed by atoms with Crippen LogP contribution in [0, 0.1) is 0 Å². The van der Waals surface area contributed by atoms with Gasteiger partial charge in [0.05, 0.1) is 5.56 Å². The van der Waals surface area contributed by atoms with Gasteiger partial charge >= 0.3 is 0 Å². The molecular weight excluding hydrogens is 240 g/mol. The van der Waals surface area contributed by atoms with Gasteiger partial charge in [0.25, 0.3) is 5.91 Å². The highest BCUT2D eigenvalue weighted by molar-refractivity contribution is 5.96. The third kappa shape index (κ3) is 3.11. The van der Waals surface area contributed by atoms with E-state index in [1.165, 1.54) is 0 Å². The molecular formula is C12H17ClN2O2. The van der Waals surface area contributed by atoms with Gasteiger partial charge in [-0.3, -0.25) is 4.79 Å². The average Bonchev–Trinajstić information content (AvgIpc) is 2.29. The molecule has 2 rings (SSSR count). The van der Waals surface area contributed by atoms with E-state index in [9.17, 15) is 9.90 Å². The highest BCUT2D eigenvalue weighted by Gasteiger charge is 2.22. The standard InChI is InChI=1S/C12H16N2O2.ClH/c1-9-8-14(7-6-13-9)12(16)10-4-2-3-5-11(10)15;/h2-5,9,13,15H,6-8H2,1H3;1H/t9-;/m1./s1. The third-order valence-corrected chi connectivity index (χ3v) is 2.79. The molecule has 0 radical (unpaired) electrons. The number of piperazine rings is 1. The minimum absolute atomic E-state index is 0. The predicted octanol–water partition coefficient (Wildman–Crippen LogP) is 1.25. The summed E-state index contributed by atoms with van der Waals surface area (Å²) in [6.07, 6.45) is 0. The van der Waals surface area contributed by atoms with Gasteiger partial charge in [-0.25, -0.2) is 0 Å². The largest absolute Gasteiger partial charge is 0.507 e. The van der Waals surface area contributed by atoms with Crippen LogP contribution < -0.4 is 5.32 Å². The second-order valence-corrected chi connectivity index (χ2v) is 4.12. The highest BCUT2D eigenvalue weighted by Crippen LogP contribution is 2.18. The molecule has 0 aromatic heterocycles. The van der Waals surface area contributed by atoms with Crippen molar-refractivity contribution in [1.29, 1.82) is 0 Å². The van der Waals surface area contributed by atoms with Crippen LogP contribution in [0.2, 0.25) is 0 Å². The van der Waals surface area contributed by atoms with Gasteiger partial charge in [0.15, 0.2) is 0 Å². The second kappa shape index (κ2) is 5.89. The first kappa shape index (κ1) is 13.8. The zero-order valence-corrected chi connectivity index (χ0v) is 10.5. The topological polar surface area (TPSA) is 52.6 Å². The molecule has 94 valence electrons. The van der Waals surface area contributed by atoms with Crippen molar-refractivity contribution in [1.82, 2.24) is 10.2 Å². The SMILES string of the molecule is C[C@@H]1CN(C(=O)c2ccccc2O)CCN1.Cl. The summed E-state index contributed by atoms with van der Waals surface area (Å²) in [6, 6.07) is 6.98. The van der Waals surface area contributed by atoms with E-state index in [0.717, 1.165) is 6.54 Å². The molecule has 0 unspecified atom stereocenters. The normalized spacial score (nSPS) is 19.6. The Kier molecular flexibility index (Phi) is 4.78. The number of rotatable bonds is 1. The summed E-state index contributed by atoms with van der Waals surface area (Å²) in [4.78, 5) is 13.9. The fraction of sp³-hybridized carbons (Fsp3) is 0.417. The van der Waals surface area contributed by atoms with Crippen molar-refractivity contribution in [2.75, 3.05) is 19.6 Å². The quantitative estimate of drug-likeness (QED) is 0.795.